The van der Waals surface area contributed by atoms with E-state index in [2.05, 4.69) is 65.6 Å². The lowest BCUT2D eigenvalue weighted by molar-refractivity contribution is 1.41. The molecule has 0 unspecified atom stereocenters. The van der Waals surface area contributed by atoms with Crippen molar-refractivity contribution in [3.8, 4) is 11.3 Å². The fraction of sp³-hybridized carbons (Fsp3) is 0.0909. The molecule has 0 radical (unpaired) electrons. The maximum absolute atomic E-state index is 3.33. The first-order valence-corrected chi connectivity index (χ1v) is 8.22. The maximum atomic E-state index is 3.33. The molecule has 0 saturated carbocycles. The number of aromatic amines is 1. The normalized spacial score (nSPS) is 11.0. The summed E-state index contributed by atoms with van der Waals surface area (Å²) in [5.41, 5.74) is 2.44. The Kier molecular flexibility index (Phi) is 3.27. The van der Waals surface area contributed by atoms with E-state index < -0.39 is 0 Å². The van der Waals surface area contributed by atoms with Crippen LogP contribution in [0.1, 0.15) is 15.3 Å². The van der Waals surface area contributed by atoms with Crippen molar-refractivity contribution in [1.29, 1.82) is 0 Å². The third-order valence-electron chi connectivity index (χ3n) is 4.42. The molecule has 0 spiro atoms. The monoisotopic (exact) mass is 299 g/mol. The number of nitrogens with one attached hydrogen (secondary N) is 1. The average molecular weight is 299 g/mol. The van der Waals surface area contributed by atoms with Crippen LogP contribution in [0.4, 0.5) is 0 Å². The van der Waals surface area contributed by atoms with Crippen LogP contribution >= 0.6 is 0 Å². The quantitative estimate of drug-likeness (QED) is 0.326. The van der Waals surface area contributed by atoms with Gasteiger partial charge in [-0.25, -0.2) is 0 Å². The molecular formula is C22H21N. The zero-order valence-corrected chi connectivity index (χ0v) is 13.4. The van der Waals surface area contributed by atoms with Crippen molar-refractivity contribution in [2.24, 2.45) is 0 Å². The Bertz CT molecular complexity index is 1060. The number of aromatic nitrogens is 1. The molecule has 0 fully saturated rings. The average Bonchev–Trinajstić information content (AvgIpc) is 3.16. The van der Waals surface area contributed by atoms with Gasteiger partial charge in [-0.2, -0.15) is 0 Å². The molecule has 5 rings (SSSR count). The SMILES string of the molecule is CC.[HH].c1c[nH]c(-c2ccc3ccc4cccc5ccc2c3c45)c1. The molecule has 0 aliphatic rings. The molecule has 1 heteroatoms. The third-order valence-corrected chi connectivity index (χ3v) is 4.42. The van der Waals surface area contributed by atoms with Gasteiger partial charge in [0.15, 0.2) is 0 Å². The van der Waals surface area contributed by atoms with E-state index in [0.717, 1.165) is 0 Å². The first-order valence-electron chi connectivity index (χ1n) is 8.22. The summed E-state index contributed by atoms with van der Waals surface area (Å²) in [6.07, 6.45) is 1.98. The Morgan fingerprint density at radius 1 is 0.652 bits per heavy atom. The largest absolute Gasteiger partial charge is 0.361 e. The minimum Gasteiger partial charge on any atom is -0.361 e. The lowest BCUT2D eigenvalue weighted by atomic mass is 9.91. The van der Waals surface area contributed by atoms with Gasteiger partial charge < -0.3 is 4.98 Å². The highest BCUT2D eigenvalue weighted by Gasteiger charge is 2.11. The number of hydrogen-bond donors (Lipinski definition) is 1. The van der Waals surface area contributed by atoms with Crippen LogP contribution in [-0.4, -0.2) is 4.98 Å². The van der Waals surface area contributed by atoms with Crippen molar-refractivity contribution < 1.29 is 1.43 Å². The van der Waals surface area contributed by atoms with Gasteiger partial charge in [0.25, 0.3) is 0 Å². The Morgan fingerprint density at radius 3 is 2.00 bits per heavy atom. The molecule has 1 heterocycles. The van der Waals surface area contributed by atoms with Crippen LogP contribution in [0.3, 0.4) is 0 Å². The summed E-state index contributed by atoms with van der Waals surface area (Å²) in [7, 11) is 0. The van der Waals surface area contributed by atoms with Crippen molar-refractivity contribution in [1.82, 2.24) is 4.98 Å². The Labute approximate surface area is 137 Å². The first kappa shape index (κ1) is 13.8. The highest BCUT2D eigenvalue weighted by molar-refractivity contribution is 6.25. The van der Waals surface area contributed by atoms with Crippen LogP contribution in [0.15, 0.2) is 72.9 Å². The Hall–Kier alpha value is -2.80. The molecule has 5 aromatic rings. The number of hydrogen-bond acceptors (Lipinski definition) is 0. The summed E-state index contributed by atoms with van der Waals surface area (Å²) in [5, 5.41) is 8.01. The van der Waals surface area contributed by atoms with Crippen LogP contribution in [0.2, 0.25) is 0 Å². The predicted molar refractivity (Wildman–Crippen MR) is 103 cm³/mol. The van der Waals surface area contributed by atoms with Crippen LogP contribution in [0.5, 0.6) is 0 Å². The molecule has 1 aromatic heterocycles. The molecule has 4 aromatic carbocycles. The summed E-state index contributed by atoms with van der Waals surface area (Å²) in [6, 6.07) is 24.1. The second-order valence-electron chi connectivity index (χ2n) is 5.55. The van der Waals surface area contributed by atoms with Crippen molar-refractivity contribution in [2.75, 3.05) is 0 Å². The fourth-order valence-corrected chi connectivity index (χ4v) is 3.47. The van der Waals surface area contributed by atoms with E-state index in [1.54, 1.807) is 0 Å². The van der Waals surface area contributed by atoms with Gasteiger partial charge in [0, 0.05) is 18.9 Å². The van der Waals surface area contributed by atoms with Crippen molar-refractivity contribution in [2.45, 2.75) is 13.8 Å². The Morgan fingerprint density at radius 2 is 1.30 bits per heavy atom. The zero-order valence-electron chi connectivity index (χ0n) is 13.4. The van der Waals surface area contributed by atoms with E-state index in [1.165, 1.54) is 43.6 Å². The summed E-state index contributed by atoms with van der Waals surface area (Å²) in [4.78, 5) is 3.33. The van der Waals surface area contributed by atoms with Crippen molar-refractivity contribution >= 4 is 32.3 Å². The summed E-state index contributed by atoms with van der Waals surface area (Å²) < 4.78 is 0. The molecular weight excluding hydrogens is 278 g/mol. The standard InChI is InChI=1S/C20H13N.C2H6.H2/c1-3-13-6-7-15-8-10-16(18-5-2-12-21-18)17-11-9-14(4-1)19(13)20(15)17;1-2;/h1-12,21H;1-2H3;1H. The van der Waals surface area contributed by atoms with Gasteiger partial charge in [0.1, 0.15) is 0 Å². The lowest BCUT2D eigenvalue weighted by Crippen LogP contribution is -1.86. The number of rotatable bonds is 1. The fourth-order valence-electron chi connectivity index (χ4n) is 3.47. The molecule has 23 heavy (non-hydrogen) atoms. The molecule has 0 saturated heterocycles. The van der Waals surface area contributed by atoms with Crippen LogP contribution in [0.25, 0.3) is 43.6 Å². The van der Waals surface area contributed by atoms with Gasteiger partial charge in [-0.05, 0) is 44.5 Å². The van der Waals surface area contributed by atoms with Gasteiger partial charge in [0.2, 0.25) is 0 Å². The van der Waals surface area contributed by atoms with Crippen LogP contribution in [0, 0.1) is 0 Å². The summed E-state index contributed by atoms with van der Waals surface area (Å²) in [6.45, 7) is 4.00. The van der Waals surface area contributed by atoms with Crippen molar-refractivity contribution in [3.05, 3.63) is 72.9 Å². The van der Waals surface area contributed by atoms with Crippen LogP contribution in [-0.2, 0) is 0 Å². The highest BCUT2D eigenvalue weighted by atomic mass is 14.7. The molecule has 0 bridgehead atoms. The third kappa shape index (κ3) is 2.01. The Balaban J connectivity index is 0.000000545. The first-order chi connectivity index (χ1) is 11.4. The summed E-state index contributed by atoms with van der Waals surface area (Å²) >= 11 is 0. The highest BCUT2D eigenvalue weighted by Crippen LogP contribution is 2.38. The maximum Gasteiger partial charge on any atom is 0.0460 e. The number of H-pyrrole nitrogens is 1. The van der Waals surface area contributed by atoms with Crippen LogP contribution < -0.4 is 0 Å². The second-order valence-corrected chi connectivity index (χ2v) is 5.55. The summed E-state index contributed by atoms with van der Waals surface area (Å²) in [5.74, 6) is 0. The van der Waals surface area contributed by atoms with E-state index in [4.69, 9.17) is 0 Å². The molecule has 0 aliphatic heterocycles. The van der Waals surface area contributed by atoms with E-state index in [9.17, 15) is 0 Å². The predicted octanol–water partition coefficient (Wildman–Crippen LogP) is 6.85. The van der Waals surface area contributed by atoms with Crippen molar-refractivity contribution in [3.63, 3.8) is 0 Å². The topological polar surface area (TPSA) is 15.8 Å². The van der Waals surface area contributed by atoms with Gasteiger partial charge >= 0.3 is 0 Å². The second kappa shape index (κ2) is 5.44. The lowest BCUT2D eigenvalue weighted by Gasteiger charge is -2.13. The van der Waals surface area contributed by atoms with Gasteiger partial charge in [0.05, 0.1) is 0 Å². The molecule has 0 aliphatic carbocycles. The molecule has 1 N–H and O–H groups in total. The van der Waals surface area contributed by atoms with E-state index in [0.29, 0.717) is 0 Å². The van der Waals surface area contributed by atoms with Gasteiger partial charge in [-0.3, -0.25) is 0 Å². The van der Waals surface area contributed by atoms with E-state index in [-0.39, 0.29) is 1.43 Å². The molecule has 1 nitrogen and oxygen atoms in total. The minimum atomic E-state index is 0. The molecule has 0 atom stereocenters. The van der Waals surface area contributed by atoms with E-state index in [1.807, 2.05) is 26.1 Å². The molecule has 0 amide bonds. The van der Waals surface area contributed by atoms with E-state index >= 15 is 0 Å². The van der Waals surface area contributed by atoms with Gasteiger partial charge in [-0.15, -0.1) is 0 Å². The smallest absolute Gasteiger partial charge is 0.0460 e. The zero-order chi connectivity index (χ0) is 15.8. The number of benzene rings is 4. The van der Waals surface area contributed by atoms with Gasteiger partial charge in [-0.1, -0.05) is 68.4 Å². The minimum absolute atomic E-state index is 0. The molecule has 114 valence electrons.